The quantitative estimate of drug-likeness (QED) is 0.626. The van der Waals surface area contributed by atoms with E-state index in [1.165, 1.54) is 0 Å². The van der Waals surface area contributed by atoms with E-state index in [1.807, 2.05) is 36.4 Å². The molecule has 0 saturated heterocycles. The van der Waals surface area contributed by atoms with Gasteiger partial charge in [-0.2, -0.15) is 0 Å². The zero-order valence-electron chi connectivity index (χ0n) is 10.5. The van der Waals surface area contributed by atoms with Crippen molar-refractivity contribution < 1.29 is 4.79 Å². The van der Waals surface area contributed by atoms with Gasteiger partial charge >= 0.3 is 0 Å². The number of aromatic nitrogens is 1. The van der Waals surface area contributed by atoms with E-state index in [-0.39, 0.29) is 5.91 Å². The first-order valence-electron chi connectivity index (χ1n) is 6.07. The molecule has 100 valence electrons. The Hall–Kier alpha value is -2.27. The number of rotatable bonds is 2. The third-order valence-corrected chi connectivity index (χ3v) is 3.56. The van der Waals surface area contributed by atoms with Gasteiger partial charge in [0.25, 0.3) is 5.91 Å². The Balaban J connectivity index is 1.89. The molecule has 3 aromatic rings. The smallest absolute Gasteiger partial charge is 0.272 e. The Morgan fingerprint density at radius 2 is 1.90 bits per heavy atom. The molecular formula is C15H12BrN3O. The van der Waals surface area contributed by atoms with Crippen molar-refractivity contribution in [3.05, 3.63) is 58.7 Å². The number of halogens is 1. The Morgan fingerprint density at radius 3 is 2.60 bits per heavy atom. The fourth-order valence-electron chi connectivity index (χ4n) is 2.03. The van der Waals surface area contributed by atoms with Crippen LogP contribution in [0.2, 0.25) is 0 Å². The van der Waals surface area contributed by atoms with Crippen molar-refractivity contribution in [2.75, 3.05) is 11.1 Å². The van der Waals surface area contributed by atoms with E-state index >= 15 is 0 Å². The molecule has 0 aliphatic heterocycles. The molecule has 4 nitrogen and oxygen atoms in total. The molecule has 5 heteroatoms. The van der Waals surface area contributed by atoms with Crippen molar-refractivity contribution in [3.8, 4) is 0 Å². The predicted molar refractivity (Wildman–Crippen MR) is 84.8 cm³/mol. The highest BCUT2D eigenvalue weighted by atomic mass is 79.9. The second kappa shape index (κ2) is 5.02. The van der Waals surface area contributed by atoms with Gasteiger partial charge in [0.1, 0.15) is 5.69 Å². The number of fused-ring (bicyclic) bond motifs is 1. The van der Waals surface area contributed by atoms with Gasteiger partial charge in [-0.15, -0.1) is 0 Å². The molecule has 0 fully saturated rings. The van der Waals surface area contributed by atoms with Gasteiger partial charge in [-0.05, 0) is 36.4 Å². The zero-order chi connectivity index (χ0) is 14.1. The van der Waals surface area contributed by atoms with Gasteiger partial charge in [0.05, 0.1) is 11.2 Å². The normalized spacial score (nSPS) is 10.7. The monoisotopic (exact) mass is 329 g/mol. The number of benzene rings is 2. The van der Waals surface area contributed by atoms with Gasteiger partial charge in [-0.25, -0.2) is 0 Å². The highest BCUT2D eigenvalue weighted by molar-refractivity contribution is 9.10. The average Bonchev–Trinajstić information content (AvgIpc) is 2.87. The maximum Gasteiger partial charge on any atom is 0.272 e. The lowest BCUT2D eigenvalue weighted by Gasteiger charge is -2.03. The number of carbonyl (C=O) groups excluding carboxylic acids is 1. The number of hydrogen-bond acceptors (Lipinski definition) is 2. The number of nitrogens with one attached hydrogen (secondary N) is 2. The molecule has 0 bridgehead atoms. The van der Waals surface area contributed by atoms with Crippen molar-refractivity contribution in [2.45, 2.75) is 0 Å². The Bertz CT molecular complexity index is 777. The number of anilines is 2. The van der Waals surface area contributed by atoms with Gasteiger partial charge < -0.3 is 16.0 Å². The van der Waals surface area contributed by atoms with Crippen LogP contribution in [0.1, 0.15) is 10.5 Å². The number of nitrogen functional groups attached to an aromatic ring is 1. The van der Waals surface area contributed by atoms with Crippen LogP contribution in [0.3, 0.4) is 0 Å². The molecule has 1 heterocycles. The maximum atomic E-state index is 12.2. The van der Waals surface area contributed by atoms with Crippen molar-refractivity contribution in [2.24, 2.45) is 0 Å². The fraction of sp³-hybridized carbons (Fsp3) is 0. The van der Waals surface area contributed by atoms with E-state index in [0.29, 0.717) is 11.4 Å². The van der Waals surface area contributed by atoms with Crippen LogP contribution in [0.5, 0.6) is 0 Å². The SMILES string of the molecule is Nc1cccc2cc(C(=O)Nc3ccc(Br)cc3)[nH]c12. The number of aromatic amines is 1. The lowest BCUT2D eigenvalue weighted by Crippen LogP contribution is -2.12. The van der Waals surface area contributed by atoms with E-state index in [9.17, 15) is 4.79 Å². The summed E-state index contributed by atoms with van der Waals surface area (Å²) in [6, 6.07) is 14.8. The van der Waals surface area contributed by atoms with Crippen LogP contribution in [0.25, 0.3) is 10.9 Å². The first kappa shape index (κ1) is 12.7. The maximum absolute atomic E-state index is 12.2. The number of amides is 1. The summed E-state index contributed by atoms with van der Waals surface area (Å²) in [6.45, 7) is 0. The second-order valence-corrected chi connectivity index (χ2v) is 5.37. The highest BCUT2D eigenvalue weighted by Gasteiger charge is 2.10. The third-order valence-electron chi connectivity index (χ3n) is 3.04. The Morgan fingerprint density at radius 1 is 1.15 bits per heavy atom. The molecule has 0 spiro atoms. The molecule has 0 aliphatic carbocycles. The fourth-order valence-corrected chi connectivity index (χ4v) is 2.30. The number of hydrogen-bond donors (Lipinski definition) is 3. The van der Waals surface area contributed by atoms with Crippen LogP contribution in [-0.4, -0.2) is 10.9 Å². The van der Waals surface area contributed by atoms with E-state index in [1.54, 1.807) is 12.1 Å². The van der Waals surface area contributed by atoms with Crippen LogP contribution >= 0.6 is 15.9 Å². The first-order valence-corrected chi connectivity index (χ1v) is 6.87. The van der Waals surface area contributed by atoms with Crippen molar-refractivity contribution in [3.63, 3.8) is 0 Å². The summed E-state index contributed by atoms with van der Waals surface area (Å²) in [5.74, 6) is -0.192. The van der Waals surface area contributed by atoms with E-state index in [2.05, 4.69) is 26.2 Å². The molecular weight excluding hydrogens is 318 g/mol. The number of para-hydroxylation sites is 1. The van der Waals surface area contributed by atoms with Crippen molar-refractivity contribution in [1.82, 2.24) is 4.98 Å². The summed E-state index contributed by atoms with van der Waals surface area (Å²) in [5.41, 5.74) is 8.51. The van der Waals surface area contributed by atoms with E-state index in [0.717, 1.165) is 21.1 Å². The molecule has 2 aromatic carbocycles. The molecule has 20 heavy (non-hydrogen) atoms. The van der Waals surface area contributed by atoms with Crippen molar-refractivity contribution in [1.29, 1.82) is 0 Å². The third kappa shape index (κ3) is 2.40. The Kier molecular flexibility index (Phi) is 3.20. The number of carbonyl (C=O) groups is 1. The predicted octanol–water partition coefficient (Wildman–Crippen LogP) is 3.76. The number of H-pyrrole nitrogens is 1. The summed E-state index contributed by atoms with van der Waals surface area (Å²) in [5, 5.41) is 3.76. The summed E-state index contributed by atoms with van der Waals surface area (Å²) in [7, 11) is 0. The molecule has 1 amide bonds. The topological polar surface area (TPSA) is 70.9 Å². The second-order valence-electron chi connectivity index (χ2n) is 4.46. The minimum absolute atomic E-state index is 0.192. The summed E-state index contributed by atoms with van der Waals surface area (Å²) < 4.78 is 0.967. The van der Waals surface area contributed by atoms with Gasteiger partial charge in [0.15, 0.2) is 0 Å². The molecule has 0 aliphatic rings. The lowest BCUT2D eigenvalue weighted by molar-refractivity contribution is 0.102. The molecule has 0 atom stereocenters. The standard InChI is InChI=1S/C15H12BrN3O/c16-10-4-6-11(7-5-10)18-15(20)13-8-9-2-1-3-12(17)14(9)19-13/h1-8,19H,17H2,(H,18,20). The molecule has 0 saturated carbocycles. The van der Waals surface area contributed by atoms with E-state index < -0.39 is 0 Å². The lowest BCUT2D eigenvalue weighted by atomic mass is 10.2. The minimum atomic E-state index is -0.192. The van der Waals surface area contributed by atoms with Gasteiger partial charge in [0.2, 0.25) is 0 Å². The van der Waals surface area contributed by atoms with E-state index in [4.69, 9.17) is 5.73 Å². The summed E-state index contributed by atoms with van der Waals surface area (Å²) in [4.78, 5) is 15.2. The minimum Gasteiger partial charge on any atom is -0.397 e. The summed E-state index contributed by atoms with van der Waals surface area (Å²) >= 11 is 3.36. The molecule has 4 N–H and O–H groups in total. The Labute approximate surface area is 124 Å². The van der Waals surface area contributed by atoms with Crippen LogP contribution in [0, 0.1) is 0 Å². The van der Waals surface area contributed by atoms with Crippen LogP contribution < -0.4 is 11.1 Å². The van der Waals surface area contributed by atoms with Gasteiger partial charge in [-0.3, -0.25) is 4.79 Å². The highest BCUT2D eigenvalue weighted by Crippen LogP contribution is 2.22. The molecule has 1 aromatic heterocycles. The molecule has 3 rings (SSSR count). The largest absolute Gasteiger partial charge is 0.397 e. The van der Waals surface area contributed by atoms with Crippen LogP contribution in [0.4, 0.5) is 11.4 Å². The van der Waals surface area contributed by atoms with Gasteiger partial charge in [0, 0.05) is 15.5 Å². The number of nitrogens with two attached hydrogens (primary N) is 1. The first-order chi connectivity index (χ1) is 9.63. The average molecular weight is 330 g/mol. The zero-order valence-corrected chi connectivity index (χ0v) is 12.1. The van der Waals surface area contributed by atoms with Crippen molar-refractivity contribution >= 4 is 44.1 Å². The van der Waals surface area contributed by atoms with Gasteiger partial charge in [-0.1, -0.05) is 28.1 Å². The molecule has 0 radical (unpaired) electrons. The van der Waals surface area contributed by atoms with Crippen LogP contribution in [0.15, 0.2) is 53.0 Å². The summed E-state index contributed by atoms with van der Waals surface area (Å²) in [6.07, 6.45) is 0. The molecule has 0 unspecified atom stereocenters. The van der Waals surface area contributed by atoms with Crippen LogP contribution in [-0.2, 0) is 0 Å².